The van der Waals surface area contributed by atoms with E-state index in [0.717, 1.165) is 36.3 Å². The molecule has 14 heavy (non-hydrogen) atoms. The molecule has 3 N–H and O–H groups in total. The van der Waals surface area contributed by atoms with Crippen LogP contribution in [0.4, 0.5) is 11.4 Å². The topological polar surface area (TPSA) is 41.3 Å². The second kappa shape index (κ2) is 4.19. The molecule has 76 valence electrons. The third kappa shape index (κ3) is 2.01. The summed E-state index contributed by atoms with van der Waals surface area (Å²) in [5.74, 6) is 0. The monoisotopic (exact) mass is 255 g/mol. The summed E-state index contributed by atoms with van der Waals surface area (Å²) in [6, 6.07) is 6.10. The number of piperazine rings is 1. The maximum Gasteiger partial charge on any atom is 0.0460 e. The third-order valence-corrected chi connectivity index (χ3v) is 3.15. The van der Waals surface area contributed by atoms with Gasteiger partial charge in [0.05, 0.1) is 0 Å². The number of halogens is 1. The Morgan fingerprint density at radius 1 is 1.29 bits per heavy atom. The van der Waals surface area contributed by atoms with Gasteiger partial charge in [-0.2, -0.15) is 0 Å². The molecule has 4 heteroatoms. The number of hydrogen-bond acceptors (Lipinski definition) is 3. The van der Waals surface area contributed by atoms with Crippen molar-refractivity contribution in [3.63, 3.8) is 0 Å². The van der Waals surface area contributed by atoms with E-state index in [2.05, 4.69) is 38.3 Å². The Morgan fingerprint density at radius 3 is 2.64 bits per heavy atom. The molecule has 0 saturated carbocycles. The normalized spacial score (nSPS) is 17.1. The van der Waals surface area contributed by atoms with Crippen LogP contribution < -0.4 is 16.0 Å². The molecule has 1 saturated heterocycles. The summed E-state index contributed by atoms with van der Waals surface area (Å²) in [7, 11) is 0. The second-order valence-electron chi connectivity index (χ2n) is 3.44. The number of nitrogens with zero attached hydrogens (tertiary/aromatic N) is 1. The highest BCUT2D eigenvalue weighted by atomic mass is 79.9. The molecule has 0 radical (unpaired) electrons. The summed E-state index contributed by atoms with van der Waals surface area (Å²) < 4.78 is 0.980. The molecule has 0 aliphatic carbocycles. The smallest absolute Gasteiger partial charge is 0.0460 e. The van der Waals surface area contributed by atoms with Gasteiger partial charge < -0.3 is 16.0 Å². The van der Waals surface area contributed by atoms with Crippen LogP contribution in [-0.4, -0.2) is 26.2 Å². The van der Waals surface area contributed by atoms with Gasteiger partial charge in [0.1, 0.15) is 0 Å². The zero-order valence-electron chi connectivity index (χ0n) is 7.96. The van der Waals surface area contributed by atoms with Crippen molar-refractivity contribution in [2.24, 2.45) is 0 Å². The lowest BCUT2D eigenvalue weighted by Crippen LogP contribution is -2.43. The second-order valence-corrected chi connectivity index (χ2v) is 4.30. The minimum absolute atomic E-state index is 0.795. The van der Waals surface area contributed by atoms with Gasteiger partial charge in [-0.15, -0.1) is 0 Å². The van der Waals surface area contributed by atoms with Crippen molar-refractivity contribution in [1.29, 1.82) is 0 Å². The molecule has 0 spiro atoms. The van der Waals surface area contributed by atoms with E-state index < -0.39 is 0 Å². The molecule has 0 unspecified atom stereocenters. The fourth-order valence-corrected chi connectivity index (χ4v) is 2.00. The maximum absolute atomic E-state index is 5.74. The zero-order chi connectivity index (χ0) is 9.97. The summed E-state index contributed by atoms with van der Waals surface area (Å²) in [5, 5.41) is 3.33. The van der Waals surface area contributed by atoms with E-state index in [9.17, 15) is 0 Å². The fraction of sp³-hybridized carbons (Fsp3) is 0.400. The number of benzene rings is 1. The van der Waals surface area contributed by atoms with Crippen LogP contribution in [0.25, 0.3) is 0 Å². The SMILES string of the molecule is Nc1ccc(N2CCNCC2)cc1Br. The predicted octanol–water partition coefficient (Wildman–Crippen LogP) is 1.44. The first-order valence-electron chi connectivity index (χ1n) is 4.78. The summed E-state index contributed by atoms with van der Waals surface area (Å²) in [4.78, 5) is 2.36. The lowest BCUT2D eigenvalue weighted by atomic mass is 10.2. The highest BCUT2D eigenvalue weighted by Crippen LogP contribution is 2.25. The lowest BCUT2D eigenvalue weighted by Gasteiger charge is -2.29. The van der Waals surface area contributed by atoms with Gasteiger partial charge in [-0.25, -0.2) is 0 Å². The molecule has 1 aliphatic heterocycles. The number of hydrogen-bond donors (Lipinski definition) is 2. The molecular weight excluding hydrogens is 242 g/mol. The Balaban J connectivity index is 2.18. The van der Waals surface area contributed by atoms with Crippen LogP contribution in [0.1, 0.15) is 0 Å². The van der Waals surface area contributed by atoms with Crippen molar-refractivity contribution >= 4 is 27.3 Å². The molecule has 2 rings (SSSR count). The van der Waals surface area contributed by atoms with Crippen molar-refractivity contribution in [2.75, 3.05) is 36.8 Å². The van der Waals surface area contributed by atoms with Crippen LogP contribution in [0.2, 0.25) is 0 Å². The fourth-order valence-electron chi connectivity index (χ4n) is 1.64. The van der Waals surface area contributed by atoms with Gasteiger partial charge in [0.25, 0.3) is 0 Å². The number of rotatable bonds is 1. The molecule has 1 fully saturated rings. The van der Waals surface area contributed by atoms with Crippen molar-refractivity contribution in [3.8, 4) is 0 Å². The lowest BCUT2D eigenvalue weighted by molar-refractivity contribution is 0.589. The van der Waals surface area contributed by atoms with Crippen molar-refractivity contribution < 1.29 is 0 Å². The molecule has 0 amide bonds. The highest BCUT2D eigenvalue weighted by Gasteiger charge is 2.10. The van der Waals surface area contributed by atoms with Gasteiger partial charge in [0.15, 0.2) is 0 Å². The molecule has 1 aromatic carbocycles. The third-order valence-electron chi connectivity index (χ3n) is 2.47. The minimum Gasteiger partial charge on any atom is -0.398 e. The molecule has 1 aromatic rings. The van der Waals surface area contributed by atoms with E-state index in [1.54, 1.807) is 0 Å². The first kappa shape index (κ1) is 9.80. The number of nitrogens with one attached hydrogen (secondary N) is 1. The summed E-state index contributed by atoms with van der Waals surface area (Å²) in [6.45, 7) is 4.25. The molecule has 0 aromatic heterocycles. The number of nitrogen functional groups attached to an aromatic ring is 1. The van der Waals surface area contributed by atoms with Gasteiger partial charge in [0.2, 0.25) is 0 Å². The van der Waals surface area contributed by atoms with E-state index in [-0.39, 0.29) is 0 Å². The average molecular weight is 256 g/mol. The van der Waals surface area contributed by atoms with Gasteiger partial charge in [0, 0.05) is 42.0 Å². The summed E-state index contributed by atoms with van der Waals surface area (Å²) >= 11 is 3.45. The van der Waals surface area contributed by atoms with Crippen LogP contribution in [0.15, 0.2) is 22.7 Å². The summed E-state index contributed by atoms with van der Waals surface area (Å²) in [5.41, 5.74) is 7.78. The van der Waals surface area contributed by atoms with Crippen LogP contribution in [-0.2, 0) is 0 Å². The van der Waals surface area contributed by atoms with Crippen LogP contribution in [0.5, 0.6) is 0 Å². The molecular formula is C10H14BrN3. The highest BCUT2D eigenvalue weighted by molar-refractivity contribution is 9.10. The van der Waals surface area contributed by atoms with Gasteiger partial charge in [-0.05, 0) is 34.1 Å². The standard InChI is InChI=1S/C10H14BrN3/c11-9-7-8(1-2-10(9)12)14-5-3-13-4-6-14/h1-2,7,13H,3-6,12H2. The maximum atomic E-state index is 5.74. The molecule has 1 heterocycles. The Hall–Kier alpha value is -0.740. The van der Waals surface area contributed by atoms with Crippen LogP contribution >= 0.6 is 15.9 Å². The van der Waals surface area contributed by atoms with Crippen molar-refractivity contribution in [1.82, 2.24) is 5.32 Å². The van der Waals surface area contributed by atoms with Crippen molar-refractivity contribution in [3.05, 3.63) is 22.7 Å². The van der Waals surface area contributed by atoms with Gasteiger partial charge in [-0.1, -0.05) is 0 Å². The quantitative estimate of drug-likeness (QED) is 0.747. The van der Waals surface area contributed by atoms with Crippen molar-refractivity contribution in [2.45, 2.75) is 0 Å². The van der Waals surface area contributed by atoms with E-state index in [4.69, 9.17) is 5.73 Å². The van der Waals surface area contributed by atoms with E-state index in [0.29, 0.717) is 0 Å². The zero-order valence-corrected chi connectivity index (χ0v) is 9.55. The Bertz CT molecular complexity index is 321. The molecule has 1 aliphatic rings. The largest absolute Gasteiger partial charge is 0.398 e. The first-order chi connectivity index (χ1) is 6.77. The summed E-state index contributed by atoms with van der Waals surface area (Å²) in [6.07, 6.45) is 0. The van der Waals surface area contributed by atoms with E-state index in [1.165, 1.54) is 5.69 Å². The first-order valence-corrected chi connectivity index (χ1v) is 5.57. The molecule has 0 bridgehead atoms. The minimum atomic E-state index is 0.795. The number of anilines is 2. The van der Waals surface area contributed by atoms with Gasteiger partial charge >= 0.3 is 0 Å². The van der Waals surface area contributed by atoms with E-state index in [1.807, 2.05) is 6.07 Å². The Kier molecular flexibility index (Phi) is 2.93. The van der Waals surface area contributed by atoms with Gasteiger partial charge in [-0.3, -0.25) is 0 Å². The van der Waals surface area contributed by atoms with Crippen LogP contribution in [0.3, 0.4) is 0 Å². The Labute approximate surface area is 92.4 Å². The number of nitrogens with two attached hydrogens (primary N) is 1. The average Bonchev–Trinajstić information content (AvgIpc) is 2.23. The molecule has 0 atom stereocenters. The van der Waals surface area contributed by atoms with E-state index >= 15 is 0 Å². The predicted molar refractivity (Wildman–Crippen MR) is 63.6 cm³/mol. The van der Waals surface area contributed by atoms with Crippen LogP contribution in [0, 0.1) is 0 Å². The molecule has 3 nitrogen and oxygen atoms in total. The Morgan fingerprint density at radius 2 is 2.00 bits per heavy atom.